The van der Waals surface area contributed by atoms with Gasteiger partial charge in [0.1, 0.15) is 12.4 Å². The van der Waals surface area contributed by atoms with Crippen LogP contribution in [0.5, 0.6) is 5.88 Å². The van der Waals surface area contributed by atoms with Crippen molar-refractivity contribution in [2.24, 2.45) is 4.99 Å². The number of hydrogen-bond donors (Lipinski definition) is 1. The number of halogens is 1. The number of benzene rings is 1. The molecule has 0 radical (unpaired) electrons. The van der Waals surface area contributed by atoms with Gasteiger partial charge in [0.2, 0.25) is 5.88 Å². The molecule has 1 aromatic carbocycles. The lowest BCUT2D eigenvalue weighted by atomic mass is 9.80. The van der Waals surface area contributed by atoms with E-state index >= 15 is 0 Å². The number of aromatic nitrogens is 4. The van der Waals surface area contributed by atoms with E-state index in [2.05, 4.69) is 20.6 Å². The predicted octanol–water partition coefficient (Wildman–Crippen LogP) is 2.38. The lowest BCUT2D eigenvalue weighted by Crippen LogP contribution is -2.38. The Morgan fingerprint density at radius 1 is 1.21 bits per heavy atom. The van der Waals surface area contributed by atoms with Crippen LogP contribution in [0.2, 0.25) is 0 Å². The summed E-state index contributed by atoms with van der Waals surface area (Å²) in [5, 5.41) is 15.1. The highest BCUT2D eigenvalue weighted by Gasteiger charge is 2.27. The quantitative estimate of drug-likeness (QED) is 0.731. The third-order valence-corrected chi connectivity index (χ3v) is 5.36. The summed E-state index contributed by atoms with van der Waals surface area (Å²) >= 11 is 0. The zero-order valence-electron chi connectivity index (χ0n) is 15.4. The molecule has 1 saturated carbocycles. The second kappa shape index (κ2) is 6.83. The van der Waals surface area contributed by atoms with Crippen LogP contribution in [0.4, 0.5) is 4.39 Å². The molecule has 1 aliphatic carbocycles. The van der Waals surface area contributed by atoms with E-state index in [9.17, 15) is 4.39 Å². The van der Waals surface area contributed by atoms with Crippen LogP contribution in [-0.4, -0.2) is 51.0 Å². The Morgan fingerprint density at radius 2 is 2.04 bits per heavy atom. The molecule has 2 aliphatic rings. The minimum absolute atomic E-state index is 0.107. The third kappa shape index (κ3) is 2.97. The fourth-order valence-corrected chi connectivity index (χ4v) is 3.44. The molecule has 8 nitrogen and oxygen atoms in total. The monoisotopic (exact) mass is 381 g/mol. The van der Waals surface area contributed by atoms with Crippen molar-refractivity contribution in [1.82, 2.24) is 30.2 Å². The van der Waals surface area contributed by atoms with Crippen molar-refractivity contribution < 1.29 is 9.13 Å². The van der Waals surface area contributed by atoms with E-state index in [0.717, 1.165) is 24.0 Å². The van der Waals surface area contributed by atoms with E-state index in [1.54, 1.807) is 23.0 Å². The first-order valence-corrected chi connectivity index (χ1v) is 9.35. The van der Waals surface area contributed by atoms with Crippen molar-refractivity contribution in [3.8, 4) is 17.3 Å². The summed E-state index contributed by atoms with van der Waals surface area (Å²) < 4.78 is 21.0. The van der Waals surface area contributed by atoms with Gasteiger partial charge in [-0.1, -0.05) is 6.42 Å². The van der Waals surface area contributed by atoms with Gasteiger partial charge in [-0.25, -0.2) is 4.39 Å². The van der Waals surface area contributed by atoms with Crippen LogP contribution in [-0.2, 0) is 0 Å². The van der Waals surface area contributed by atoms with Crippen molar-refractivity contribution in [3.05, 3.63) is 41.7 Å². The molecule has 1 N–H and O–H groups in total. The first-order chi connectivity index (χ1) is 13.7. The van der Waals surface area contributed by atoms with Crippen LogP contribution in [0.1, 0.15) is 30.7 Å². The van der Waals surface area contributed by atoms with Crippen molar-refractivity contribution in [1.29, 1.82) is 0 Å². The molecular weight excluding hydrogens is 361 g/mol. The Balaban J connectivity index is 1.52. The average Bonchev–Trinajstić information content (AvgIpc) is 3.25. The second-order valence-corrected chi connectivity index (χ2v) is 7.14. The van der Waals surface area contributed by atoms with Crippen LogP contribution in [0.15, 0.2) is 35.3 Å². The van der Waals surface area contributed by atoms with Crippen LogP contribution in [0.25, 0.3) is 17.0 Å². The van der Waals surface area contributed by atoms with Gasteiger partial charge in [-0.05, 0) is 49.1 Å². The van der Waals surface area contributed by atoms with Gasteiger partial charge in [-0.15, -0.1) is 15.3 Å². The van der Waals surface area contributed by atoms with E-state index in [0.29, 0.717) is 29.9 Å². The molecule has 0 saturated heterocycles. The standard InChI is InChI=1S/C19H20FN7O/c1-26-17(21-11-22-26)10-28-19-15(12-3-2-4-12)9-16-23-24-18(27(16)25-19)13-5-7-14(20)8-6-13/h5-9,11-12,17H,2-4,10H2,1H3,(H,21,22). The first kappa shape index (κ1) is 17.1. The van der Waals surface area contributed by atoms with Gasteiger partial charge in [0.05, 0.1) is 6.34 Å². The second-order valence-electron chi connectivity index (χ2n) is 7.14. The highest BCUT2D eigenvalue weighted by atomic mass is 19.1. The number of rotatable bonds is 5. The molecule has 1 atom stereocenters. The molecule has 3 heterocycles. The summed E-state index contributed by atoms with van der Waals surface area (Å²) in [5.41, 5.74) is 5.48. The summed E-state index contributed by atoms with van der Waals surface area (Å²) in [7, 11) is 1.91. The number of hydrogen-bond acceptors (Lipinski definition) is 7. The molecule has 144 valence electrons. The van der Waals surface area contributed by atoms with Crippen molar-refractivity contribution in [3.63, 3.8) is 0 Å². The Bertz CT molecular complexity index is 1030. The molecule has 1 unspecified atom stereocenters. The molecule has 0 amide bonds. The molecule has 9 heteroatoms. The summed E-state index contributed by atoms with van der Waals surface area (Å²) in [6.45, 7) is 0.381. The molecule has 5 rings (SSSR count). The highest BCUT2D eigenvalue weighted by molar-refractivity contribution is 5.59. The third-order valence-electron chi connectivity index (χ3n) is 5.36. The Morgan fingerprint density at radius 3 is 2.71 bits per heavy atom. The molecule has 1 fully saturated rings. The van der Waals surface area contributed by atoms with Gasteiger partial charge in [0.25, 0.3) is 0 Å². The molecule has 0 bridgehead atoms. The highest BCUT2D eigenvalue weighted by Crippen LogP contribution is 2.40. The van der Waals surface area contributed by atoms with E-state index in [1.165, 1.54) is 18.6 Å². The molecular formula is C19H20FN7O. The van der Waals surface area contributed by atoms with E-state index in [4.69, 9.17) is 9.84 Å². The molecule has 2 aromatic heterocycles. The zero-order valence-corrected chi connectivity index (χ0v) is 15.4. The van der Waals surface area contributed by atoms with E-state index in [1.807, 2.05) is 18.1 Å². The SMILES string of the molecule is CN1NC=NC1COc1nn2c(-c3ccc(F)cc3)nnc2cc1C1CCC1. The summed E-state index contributed by atoms with van der Waals surface area (Å²) in [5.74, 6) is 1.27. The number of ether oxygens (including phenoxy) is 1. The first-order valence-electron chi connectivity index (χ1n) is 9.35. The fourth-order valence-electron chi connectivity index (χ4n) is 3.44. The summed E-state index contributed by atoms with van der Waals surface area (Å²) in [6, 6.07) is 8.14. The minimum atomic E-state index is -0.295. The van der Waals surface area contributed by atoms with Crippen molar-refractivity contribution in [2.75, 3.05) is 13.7 Å². The normalized spacial score (nSPS) is 19.7. The fraction of sp³-hybridized carbons (Fsp3) is 0.368. The van der Waals surface area contributed by atoms with Crippen molar-refractivity contribution in [2.45, 2.75) is 31.3 Å². The number of likely N-dealkylation sites (N-methyl/N-ethyl adjacent to an activating group) is 1. The maximum absolute atomic E-state index is 13.3. The van der Waals surface area contributed by atoms with Gasteiger partial charge in [-0.3, -0.25) is 4.99 Å². The van der Waals surface area contributed by atoms with E-state index < -0.39 is 0 Å². The van der Waals surface area contributed by atoms with Crippen LogP contribution < -0.4 is 10.2 Å². The Kier molecular flexibility index (Phi) is 4.16. The minimum Gasteiger partial charge on any atom is -0.473 e. The van der Waals surface area contributed by atoms with Gasteiger partial charge in [-0.2, -0.15) is 9.52 Å². The molecule has 28 heavy (non-hydrogen) atoms. The van der Waals surface area contributed by atoms with Gasteiger partial charge < -0.3 is 10.2 Å². The number of aliphatic imine (C=N–C) groups is 1. The number of fused-ring (bicyclic) bond motifs is 1. The number of nitrogens with one attached hydrogen (secondary N) is 1. The van der Waals surface area contributed by atoms with Crippen molar-refractivity contribution >= 4 is 12.0 Å². The Hall–Kier alpha value is -3.07. The number of hydrazine groups is 1. The lowest BCUT2D eigenvalue weighted by Gasteiger charge is -2.27. The lowest BCUT2D eigenvalue weighted by molar-refractivity contribution is 0.156. The number of nitrogens with zero attached hydrogens (tertiary/aromatic N) is 6. The largest absolute Gasteiger partial charge is 0.473 e. The maximum atomic E-state index is 13.3. The summed E-state index contributed by atoms with van der Waals surface area (Å²) in [6.07, 6.45) is 5.00. The predicted molar refractivity (Wildman–Crippen MR) is 101 cm³/mol. The molecule has 0 spiro atoms. The average molecular weight is 381 g/mol. The summed E-state index contributed by atoms with van der Waals surface area (Å²) in [4.78, 5) is 4.34. The Labute approximate surface area is 161 Å². The van der Waals surface area contributed by atoms with Gasteiger partial charge >= 0.3 is 0 Å². The topological polar surface area (TPSA) is 79.9 Å². The van der Waals surface area contributed by atoms with Gasteiger partial charge in [0.15, 0.2) is 17.6 Å². The van der Waals surface area contributed by atoms with Crippen LogP contribution in [0, 0.1) is 5.82 Å². The maximum Gasteiger partial charge on any atom is 0.235 e. The smallest absolute Gasteiger partial charge is 0.235 e. The van der Waals surface area contributed by atoms with Gasteiger partial charge in [0, 0.05) is 18.2 Å². The van der Waals surface area contributed by atoms with Crippen LogP contribution >= 0.6 is 0 Å². The molecule has 3 aromatic rings. The zero-order chi connectivity index (χ0) is 19.1. The van der Waals surface area contributed by atoms with Crippen LogP contribution in [0.3, 0.4) is 0 Å². The molecule has 1 aliphatic heterocycles. The van der Waals surface area contributed by atoms with E-state index in [-0.39, 0.29) is 12.0 Å².